The molecule has 0 saturated carbocycles. The third-order valence-electron chi connectivity index (χ3n) is 2.17. The van der Waals surface area contributed by atoms with Crippen molar-refractivity contribution in [3.63, 3.8) is 0 Å². The maximum Gasteiger partial charge on any atom is 0.352 e. The zero-order chi connectivity index (χ0) is 20.4. The van der Waals surface area contributed by atoms with Crippen molar-refractivity contribution in [2.75, 3.05) is 19.8 Å². The van der Waals surface area contributed by atoms with Gasteiger partial charge >= 0.3 is 10.3 Å². The van der Waals surface area contributed by atoms with Gasteiger partial charge in [-0.1, -0.05) is 3.82 Å². The van der Waals surface area contributed by atoms with Crippen LogP contribution in [0.1, 0.15) is 20.8 Å². The topological polar surface area (TPSA) is 179 Å². The molecule has 0 spiro atoms. The Bertz CT molecular complexity index is 548. The van der Waals surface area contributed by atoms with Gasteiger partial charge in [-0.3, -0.25) is 9.59 Å². The second kappa shape index (κ2) is 12.4. The molecule has 25 heavy (non-hydrogen) atoms. The fraction of sp³-hybridized carbons (Fsp3) is 0.750. The Kier molecular flexibility index (Phi) is 13.0. The van der Waals surface area contributed by atoms with E-state index in [-0.39, 0.29) is 9.61 Å². The summed E-state index contributed by atoms with van der Waals surface area (Å²) in [5, 5.41) is 36.1. The van der Waals surface area contributed by atoms with Crippen molar-refractivity contribution in [2.45, 2.75) is 39.1 Å². The average molecular weight is 408 g/mol. The highest BCUT2D eigenvalue weighted by Gasteiger charge is 2.32. The minimum Gasteiger partial charge on any atom is -0.394 e. The van der Waals surface area contributed by atoms with Crippen molar-refractivity contribution in [1.82, 2.24) is 3.82 Å². The van der Waals surface area contributed by atoms with E-state index in [0.717, 1.165) is 6.92 Å². The SMILES string of the molecule is CC(=O)CN(Cl)S(=O)(=O)OCC(=O)[C@@H](O)[C@H](O)[C@H](O)CO.CC(C)=O. The van der Waals surface area contributed by atoms with E-state index < -0.39 is 59.9 Å². The van der Waals surface area contributed by atoms with Crippen LogP contribution in [0, 0.1) is 0 Å². The summed E-state index contributed by atoms with van der Waals surface area (Å²) in [4.78, 5) is 31.5. The first-order chi connectivity index (χ1) is 11.3. The van der Waals surface area contributed by atoms with E-state index in [1.165, 1.54) is 13.8 Å². The summed E-state index contributed by atoms with van der Waals surface area (Å²) in [7, 11) is -4.58. The number of nitrogens with zero attached hydrogens (tertiary/aromatic N) is 1. The summed E-state index contributed by atoms with van der Waals surface area (Å²) in [5.74, 6) is -1.68. The quantitative estimate of drug-likeness (QED) is 0.283. The number of ketones is 3. The van der Waals surface area contributed by atoms with Gasteiger partial charge < -0.3 is 25.2 Å². The number of aliphatic hydroxyl groups is 4. The van der Waals surface area contributed by atoms with Crippen LogP contribution in [0.5, 0.6) is 0 Å². The molecule has 0 aromatic heterocycles. The Morgan fingerprint density at radius 1 is 1.12 bits per heavy atom. The van der Waals surface area contributed by atoms with E-state index in [1.54, 1.807) is 0 Å². The van der Waals surface area contributed by atoms with E-state index in [4.69, 9.17) is 22.0 Å². The van der Waals surface area contributed by atoms with Gasteiger partial charge in [-0.2, -0.15) is 8.42 Å². The number of hydrogen-bond donors (Lipinski definition) is 4. The molecule has 0 radical (unpaired) electrons. The molecule has 0 fully saturated rings. The highest BCUT2D eigenvalue weighted by molar-refractivity contribution is 7.85. The summed E-state index contributed by atoms with van der Waals surface area (Å²) >= 11 is 5.27. The van der Waals surface area contributed by atoms with Crippen LogP contribution in [-0.4, -0.2) is 88.1 Å². The summed E-state index contributed by atoms with van der Waals surface area (Å²) in [6.45, 7) is 1.34. The molecule has 0 bridgehead atoms. The molecule has 0 aliphatic carbocycles. The largest absolute Gasteiger partial charge is 0.394 e. The third kappa shape index (κ3) is 12.1. The maximum atomic E-state index is 11.4. The molecular formula is C12H22ClNO10S. The minimum atomic E-state index is -4.58. The smallest absolute Gasteiger partial charge is 0.352 e. The van der Waals surface area contributed by atoms with Gasteiger partial charge in [-0.05, 0) is 32.5 Å². The van der Waals surface area contributed by atoms with Gasteiger partial charge in [0.15, 0.2) is 5.78 Å². The summed E-state index contributed by atoms with van der Waals surface area (Å²) in [6.07, 6.45) is -5.97. The normalized spacial score (nSPS) is 14.9. The molecule has 0 saturated heterocycles. The summed E-state index contributed by atoms with van der Waals surface area (Å²) in [6, 6.07) is 0. The first-order valence-corrected chi connectivity index (χ1v) is 8.43. The van der Waals surface area contributed by atoms with E-state index in [2.05, 4.69) is 4.18 Å². The van der Waals surface area contributed by atoms with Gasteiger partial charge in [0.25, 0.3) is 0 Å². The number of halogens is 1. The molecule has 0 amide bonds. The zero-order valence-corrected chi connectivity index (χ0v) is 15.4. The van der Waals surface area contributed by atoms with Crippen molar-refractivity contribution < 1.29 is 47.4 Å². The molecule has 0 aromatic carbocycles. The fourth-order valence-corrected chi connectivity index (χ4v) is 2.05. The molecule has 3 atom stereocenters. The number of rotatable bonds is 10. The Labute approximate surface area is 150 Å². The zero-order valence-electron chi connectivity index (χ0n) is 13.8. The van der Waals surface area contributed by atoms with Gasteiger partial charge in [0.2, 0.25) is 0 Å². The van der Waals surface area contributed by atoms with Crippen LogP contribution >= 0.6 is 11.8 Å². The van der Waals surface area contributed by atoms with Gasteiger partial charge in [0.05, 0.1) is 13.2 Å². The van der Waals surface area contributed by atoms with Crippen molar-refractivity contribution in [2.24, 2.45) is 0 Å². The van der Waals surface area contributed by atoms with Gasteiger partial charge in [0.1, 0.15) is 36.5 Å². The average Bonchev–Trinajstić information content (AvgIpc) is 2.49. The minimum absolute atomic E-state index is 0.0357. The van der Waals surface area contributed by atoms with Crippen LogP contribution in [0.3, 0.4) is 0 Å². The van der Waals surface area contributed by atoms with Crippen molar-refractivity contribution >= 4 is 39.4 Å². The second-order valence-electron chi connectivity index (χ2n) is 4.93. The monoisotopic (exact) mass is 407 g/mol. The van der Waals surface area contributed by atoms with Crippen LogP contribution in [0.25, 0.3) is 0 Å². The van der Waals surface area contributed by atoms with E-state index in [9.17, 15) is 33.0 Å². The molecule has 0 unspecified atom stereocenters. The van der Waals surface area contributed by atoms with E-state index >= 15 is 0 Å². The lowest BCUT2D eigenvalue weighted by atomic mass is 10.1. The Balaban J connectivity index is 0. The lowest BCUT2D eigenvalue weighted by Gasteiger charge is -2.20. The molecule has 11 nitrogen and oxygen atoms in total. The Morgan fingerprint density at radius 3 is 1.92 bits per heavy atom. The Morgan fingerprint density at radius 2 is 1.56 bits per heavy atom. The van der Waals surface area contributed by atoms with Crippen LogP contribution in [0.4, 0.5) is 0 Å². The lowest BCUT2D eigenvalue weighted by molar-refractivity contribution is -0.142. The van der Waals surface area contributed by atoms with Gasteiger partial charge in [-0.25, -0.2) is 4.18 Å². The van der Waals surface area contributed by atoms with Crippen LogP contribution in [0.15, 0.2) is 0 Å². The molecule has 4 N–H and O–H groups in total. The number of Topliss-reactive ketones (excluding diaryl/α,β-unsaturated/α-hetero) is 3. The number of carbonyl (C=O) groups is 3. The number of hydrogen-bond acceptors (Lipinski definition) is 10. The summed E-state index contributed by atoms with van der Waals surface area (Å²) in [5.41, 5.74) is 0. The lowest BCUT2D eigenvalue weighted by Crippen LogP contribution is -2.45. The standard InChI is InChI=1S/C9H16ClNO9S.C3H6O/c1-5(13)2-11(10)21(18,19)20-4-7(15)9(17)8(16)6(14)3-12;1-3(2)4/h6,8-9,12,14,16-17H,2-4H2,1H3;1-2H3/t6-,8-,9-;/m1./s1. The molecule has 0 aliphatic rings. The second-order valence-corrected chi connectivity index (χ2v) is 7.07. The number of carbonyl (C=O) groups excluding carboxylic acids is 3. The third-order valence-corrected chi connectivity index (χ3v) is 3.83. The highest BCUT2D eigenvalue weighted by Crippen LogP contribution is 2.08. The predicted octanol–water partition coefficient (Wildman–Crippen LogP) is -2.47. The van der Waals surface area contributed by atoms with Crippen molar-refractivity contribution in [1.29, 1.82) is 0 Å². The molecular weight excluding hydrogens is 386 g/mol. The van der Waals surface area contributed by atoms with Crippen molar-refractivity contribution in [3.05, 3.63) is 0 Å². The van der Waals surface area contributed by atoms with Crippen molar-refractivity contribution in [3.8, 4) is 0 Å². The maximum absolute atomic E-state index is 11.4. The molecule has 0 aromatic rings. The predicted molar refractivity (Wildman–Crippen MR) is 84.6 cm³/mol. The van der Waals surface area contributed by atoms with Crippen LogP contribution in [-0.2, 0) is 28.9 Å². The summed E-state index contributed by atoms with van der Waals surface area (Å²) < 4.78 is 27.0. The molecule has 148 valence electrons. The first kappa shape index (κ1) is 26.2. The van der Waals surface area contributed by atoms with Crippen LogP contribution < -0.4 is 0 Å². The molecule has 0 aliphatic heterocycles. The van der Waals surface area contributed by atoms with Crippen LogP contribution in [0.2, 0.25) is 0 Å². The fourth-order valence-electron chi connectivity index (χ4n) is 1.04. The molecule has 0 heterocycles. The first-order valence-electron chi connectivity index (χ1n) is 6.73. The molecule has 13 heteroatoms. The van der Waals surface area contributed by atoms with Gasteiger partial charge in [0, 0.05) is 0 Å². The highest BCUT2D eigenvalue weighted by atomic mass is 35.5. The number of aliphatic hydroxyl groups excluding tert-OH is 4. The van der Waals surface area contributed by atoms with E-state index in [1.807, 2.05) is 0 Å². The molecule has 0 rings (SSSR count). The Hall–Kier alpha value is -0.990. The van der Waals surface area contributed by atoms with E-state index in [0.29, 0.717) is 0 Å². The van der Waals surface area contributed by atoms with Gasteiger partial charge in [-0.15, -0.1) is 0 Å².